The highest BCUT2D eigenvalue weighted by Crippen LogP contribution is 2.43. The van der Waals surface area contributed by atoms with Crippen molar-refractivity contribution < 1.29 is 31.0 Å². The molecule has 14 heteroatoms. The molecule has 0 bridgehead atoms. The Morgan fingerprint density at radius 3 is 1.91 bits per heavy atom. The first-order valence-electron chi connectivity index (χ1n) is 12.8. The molecule has 6 aromatic rings. The number of aromatic hydroxyl groups is 1. The topological polar surface area (TPSA) is 204 Å². The number of nitrogens with zero attached hydrogens (tertiary/aromatic N) is 4. The van der Waals surface area contributed by atoms with Gasteiger partial charge in [0.25, 0.3) is 20.2 Å². The van der Waals surface area contributed by atoms with Crippen molar-refractivity contribution in [1.82, 2.24) is 0 Å². The Morgan fingerprint density at radius 2 is 1.18 bits per heavy atom. The van der Waals surface area contributed by atoms with E-state index in [1.807, 2.05) is 36.4 Å². The number of azo groups is 2. The quantitative estimate of drug-likeness (QED) is 0.0813. The van der Waals surface area contributed by atoms with Gasteiger partial charge in [0.1, 0.15) is 10.6 Å². The number of nitrogen functional groups attached to an aromatic ring is 1. The van der Waals surface area contributed by atoms with Gasteiger partial charge in [-0.3, -0.25) is 9.11 Å². The van der Waals surface area contributed by atoms with Crippen LogP contribution in [0.3, 0.4) is 0 Å². The summed E-state index contributed by atoms with van der Waals surface area (Å²) >= 11 is 0. The van der Waals surface area contributed by atoms with E-state index in [-0.39, 0.29) is 21.8 Å². The largest absolute Gasteiger partial charge is 0.505 e. The number of hydrogen-bond donors (Lipinski definition) is 4. The van der Waals surface area contributed by atoms with Crippen molar-refractivity contribution in [2.45, 2.75) is 9.79 Å². The average Bonchev–Trinajstić information content (AvgIpc) is 2.98. The van der Waals surface area contributed by atoms with E-state index in [9.17, 15) is 31.0 Å². The molecule has 12 nitrogen and oxygen atoms in total. The fourth-order valence-corrected chi connectivity index (χ4v) is 5.97. The molecule has 0 aliphatic rings. The van der Waals surface area contributed by atoms with Crippen molar-refractivity contribution in [3.8, 4) is 5.75 Å². The summed E-state index contributed by atoms with van der Waals surface area (Å²) in [7, 11) is -9.50. The van der Waals surface area contributed by atoms with Crippen molar-refractivity contribution in [2.75, 3.05) is 5.73 Å². The lowest BCUT2D eigenvalue weighted by atomic mass is 10.1. The lowest BCUT2D eigenvalue weighted by molar-refractivity contribution is 0.472. The summed E-state index contributed by atoms with van der Waals surface area (Å²) in [6.07, 6.45) is 0. The predicted octanol–water partition coefficient (Wildman–Crippen LogP) is 7.76. The zero-order valence-electron chi connectivity index (χ0n) is 22.4. The van der Waals surface area contributed by atoms with Crippen LogP contribution in [0, 0.1) is 0 Å². The Hall–Kier alpha value is -5.28. The van der Waals surface area contributed by atoms with Gasteiger partial charge in [-0.1, -0.05) is 42.5 Å². The lowest BCUT2D eigenvalue weighted by Crippen LogP contribution is -1.99. The summed E-state index contributed by atoms with van der Waals surface area (Å²) in [5.41, 5.74) is 6.49. The molecule has 0 atom stereocenters. The van der Waals surface area contributed by atoms with Gasteiger partial charge >= 0.3 is 0 Å². The van der Waals surface area contributed by atoms with Gasteiger partial charge in [0, 0.05) is 27.2 Å². The third-order valence-corrected chi connectivity index (χ3v) is 8.60. The molecule has 0 fully saturated rings. The van der Waals surface area contributed by atoms with Crippen LogP contribution < -0.4 is 5.73 Å². The Bertz CT molecular complexity index is 2420. The van der Waals surface area contributed by atoms with Crippen molar-refractivity contribution >= 4 is 81.0 Å². The normalized spacial score (nSPS) is 12.7. The number of phenolic OH excluding ortho intramolecular Hbond substituents is 1. The monoisotopic (exact) mass is 627 g/mol. The van der Waals surface area contributed by atoms with Gasteiger partial charge in [-0.25, -0.2) is 0 Å². The minimum atomic E-state index is -4.88. The first-order chi connectivity index (χ1) is 20.9. The van der Waals surface area contributed by atoms with E-state index in [2.05, 4.69) is 20.5 Å². The smallest absolute Gasteiger partial charge is 0.296 e. The molecule has 220 valence electrons. The molecule has 44 heavy (non-hydrogen) atoms. The number of benzene rings is 6. The minimum absolute atomic E-state index is 0.0349. The number of phenols is 1. The molecular formula is C30H21N5O7S2. The van der Waals surface area contributed by atoms with E-state index in [1.165, 1.54) is 36.4 Å². The second kappa shape index (κ2) is 10.8. The first-order valence-corrected chi connectivity index (χ1v) is 15.7. The molecule has 0 radical (unpaired) electrons. The Balaban J connectivity index is 1.52. The summed E-state index contributed by atoms with van der Waals surface area (Å²) in [5, 5.41) is 30.6. The van der Waals surface area contributed by atoms with Gasteiger partial charge in [-0.2, -0.15) is 16.8 Å². The van der Waals surface area contributed by atoms with Crippen molar-refractivity contribution in [2.24, 2.45) is 20.5 Å². The molecule has 0 heterocycles. The molecule has 0 amide bonds. The molecule has 0 saturated carbocycles. The van der Waals surface area contributed by atoms with E-state index in [0.717, 1.165) is 22.9 Å². The van der Waals surface area contributed by atoms with Gasteiger partial charge in [0.2, 0.25) is 0 Å². The maximum atomic E-state index is 12.2. The van der Waals surface area contributed by atoms with Crippen molar-refractivity contribution in [1.29, 1.82) is 0 Å². The fraction of sp³-hybridized carbons (Fsp3) is 0. The molecule has 6 aromatic carbocycles. The van der Waals surface area contributed by atoms with Crippen molar-refractivity contribution in [3.05, 3.63) is 97.1 Å². The third-order valence-electron chi connectivity index (χ3n) is 6.88. The van der Waals surface area contributed by atoms with Crippen LogP contribution in [0.15, 0.2) is 127 Å². The van der Waals surface area contributed by atoms with Crippen molar-refractivity contribution in [3.63, 3.8) is 0 Å². The minimum Gasteiger partial charge on any atom is -0.505 e. The van der Waals surface area contributed by atoms with Crippen LogP contribution in [0.5, 0.6) is 5.75 Å². The van der Waals surface area contributed by atoms with Crippen LogP contribution in [-0.2, 0) is 20.2 Å². The Kier molecular flexibility index (Phi) is 7.05. The number of hydrogen-bond acceptors (Lipinski definition) is 10. The summed E-state index contributed by atoms with van der Waals surface area (Å²) in [6, 6.07) is 25.4. The number of nitrogens with two attached hydrogens (primary N) is 1. The second-order valence-corrected chi connectivity index (χ2v) is 12.5. The number of anilines is 1. The van der Waals surface area contributed by atoms with Gasteiger partial charge in [0.15, 0.2) is 5.75 Å². The van der Waals surface area contributed by atoms with Crippen LogP contribution in [0.2, 0.25) is 0 Å². The predicted molar refractivity (Wildman–Crippen MR) is 166 cm³/mol. The van der Waals surface area contributed by atoms with Crippen LogP contribution in [-0.4, -0.2) is 31.0 Å². The fourth-order valence-electron chi connectivity index (χ4n) is 4.80. The molecular weight excluding hydrogens is 606 g/mol. The van der Waals surface area contributed by atoms with Gasteiger partial charge in [0.05, 0.1) is 22.0 Å². The summed E-state index contributed by atoms with van der Waals surface area (Å²) < 4.78 is 67.9. The van der Waals surface area contributed by atoms with Gasteiger partial charge in [-0.05, 0) is 65.4 Å². The van der Waals surface area contributed by atoms with E-state index in [0.29, 0.717) is 22.4 Å². The summed E-state index contributed by atoms with van der Waals surface area (Å²) in [6.45, 7) is 0. The summed E-state index contributed by atoms with van der Waals surface area (Å²) in [5.74, 6) is -0.581. The highest BCUT2D eigenvalue weighted by atomic mass is 32.2. The van der Waals surface area contributed by atoms with Gasteiger partial charge in [-0.15, -0.1) is 20.5 Å². The standard InChI is InChI=1S/C30H21N5O7S2/c31-19-8-10-22-18(14-19)15-28(44(40,41)42)29(30(22)36)35-34-27-13-12-26(23-11-9-20(16-24(23)27)43(37,38)39)33-32-25-7-3-5-17-4-1-2-6-21(17)25/h1-16,36H,31H2,(H,37,38,39)(H,40,41,42). The maximum absolute atomic E-state index is 12.2. The lowest BCUT2D eigenvalue weighted by Gasteiger charge is -2.10. The van der Waals surface area contributed by atoms with Crippen LogP contribution in [0.25, 0.3) is 32.3 Å². The molecule has 0 spiro atoms. The highest BCUT2D eigenvalue weighted by Gasteiger charge is 2.22. The molecule has 5 N–H and O–H groups in total. The molecule has 0 aliphatic carbocycles. The highest BCUT2D eigenvalue weighted by molar-refractivity contribution is 7.86. The zero-order valence-corrected chi connectivity index (χ0v) is 24.0. The Morgan fingerprint density at radius 1 is 0.545 bits per heavy atom. The van der Waals surface area contributed by atoms with Crippen LogP contribution >= 0.6 is 0 Å². The van der Waals surface area contributed by atoms with E-state index in [1.54, 1.807) is 12.1 Å². The van der Waals surface area contributed by atoms with Crippen LogP contribution in [0.1, 0.15) is 0 Å². The molecule has 0 saturated heterocycles. The SMILES string of the molecule is Nc1ccc2c(O)c(N=Nc3ccc(N=Nc4cccc5ccccc45)c4ccc(S(=O)(=O)O)cc34)c(S(=O)(=O)O)cc2c1. The van der Waals surface area contributed by atoms with Gasteiger partial charge < -0.3 is 10.8 Å². The second-order valence-electron chi connectivity index (χ2n) is 9.71. The third kappa shape index (κ3) is 5.45. The summed E-state index contributed by atoms with van der Waals surface area (Å²) in [4.78, 5) is -1.16. The molecule has 6 rings (SSSR count). The number of fused-ring (bicyclic) bond motifs is 3. The zero-order chi connectivity index (χ0) is 31.2. The average molecular weight is 628 g/mol. The molecule has 0 aromatic heterocycles. The maximum Gasteiger partial charge on any atom is 0.296 e. The molecule has 0 aliphatic heterocycles. The molecule has 0 unspecified atom stereocenters. The number of rotatable bonds is 6. The van der Waals surface area contributed by atoms with E-state index >= 15 is 0 Å². The van der Waals surface area contributed by atoms with Crippen LogP contribution in [0.4, 0.5) is 28.4 Å². The first kappa shape index (κ1) is 28.8. The van der Waals surface area contributed by atoms with E-state index < -0.39 is 41.5 Å². The van der Waals surface area contributed by atoms with E-state index in [4.69, 9.17) is 5.73 Å². The Labute approximate surface area is 250 Å².